The zero-order chi connectivity index (χ0) is 47.2. The molecule has 0 bridgehead atoms. The highest BCUT2D eigenvalue weighted by molar-refractivity contribution is 6.14. The van der Waals surface area contributed by atoms with Crippen LogP contribution in [0, 0.1) is 11.6 Å². The van der Waals surface area contributed by atoms with E-state index in [-0.39, 0.29) is 0 Å². The van der Waals surface area contributed by atoms with Crippen molar-refractivity contribution in [3.63, 3.8) is 0 Å². The minimum Gasteiger partial charge on any atom is -0.309 e. The monoisotopic (exact) mass is 916 g/mol. The van der Waals surface area contributed by atoms with Crippen molar-refractivity contribution in [2.24, 2.45) is 0 Å². The Labute approximate surface area is 405 Å². The van der Waals surface area contributed by atoms with Gasteiger partial charge in [-0.05, 0) is 72.3 Å². The van der Waals surface area contributed by atoms with Gasteiger partial charge < -0.3 is 13.7 Å². The number of hydrogen-bond donors (Lipinski definition) is 0. The van der Waals surface area contributed by atoms with E-state index in [1.165, 1.54) is 12.1 Å². The van der Waals surface area contributed by atoms with Crippen LogP contribution in [0.3, 0.4) is 0 Å². The summed E-state index contributed by atoms with van der Waals surface area (Å²) in [6, 6.07) is 76.6. The summed E-state index contributed by atoms with van der Waals surface area (Å²) in [7, 11) is 0. The number of nitrogens with zero attached hydrogens (tertiary/aromatic N) is 6. The molecule has 6 nitrogen and oxygen atoms in total. The maximum atomic E-state index is 15.5. The van der Waals surface area contributed by atoms with Crippen LogP contribution >= 0.6 is 0 Å². The molecule has 0 spiro atoms. The molecule has 0 saturated carbocycles. The third-order valence-corrected chi connectivity index (χ3v) is 13.8. The summed E-state index contributed by atoms with van der Waals surface area (Å²) in [4.78, 5) is 15.2. The van der Waals surface area contributed by atoms with Crippen LogP contribution in [-0.4, -0.2) is 28.7 Å². The quantitative estimate of drug-likeness (QED) is 0.160. The third-order valence-electron chi connectivity index (χ3n) is 13.8. The highest BCUT2D eigenvalue weighted by Gasteiger charge is 2.23. The zero-order valence-electron chi connectivity index (χ0n) is 37.9. The van der Waals surface area contributed by atoms with Crippen molar-refractivity contribution in [3.8, 4) is 62.4 Å². The molecule has 4 aromatic heterocycles. The summed E-state index contributed by atoms with van der Waals surface area (Å²) in [5, 5.41) is 6.65. The molecule has 0 unspecified atom stereocenters. The average Bonchev–Trinajstić information content (AvgIpc) is 4.06. The SMILES string of the molecule is Fc1cc(F)cc(-c2ccc(-c3nc(-c4ccccc4)nc(-c4ccccc4)n3)cc2-n2c3cc(-n4c5ccccc5c5ccccc54)ccc3c3ccc(-n4c5ccccc5c5ccccc54)cc32)c1. The molecule has 4 heterocycles. The van der Waals surface area contributed by atoms with Gasteiger partial charge in [0.25, 0.3) is 0 Å². The highest BCUT2D eigenvalue weighted by atomic mass is 19.1. The molecule has 14 rings (SSSR count). The third kappa shape index (κ3) is 6.56. The number of aromatic nitrogens is 6. The maximum Gasteiger partial charge on any atom is 0.164 e. The lowest BCUT2D eigenvalue weighted by Gasteiger charge is -2.18. The number of fused-ring (bicyclic) bond motifs is 9. The molecular formula is C63H38F2N6. The Balaban J connectivity index is 1.10. The number of halogens is 2. The van der Waals surface area contributed by atoms with E-state index in [0.717, 1.165) is 94.0 Å². The molecule has 0 aliphatic carbocycles. The van der Waals surface area contributed by atoms with Crippen molar-refractivity contribution in [1.82, 2.24) is 28.7 Å². The van der Waals surface area contributed by atoms with Gasteiger partial charge in [-0.2, -0.15) is 0 Å². The Morgan fingerprint density at radius 3 is 1.08 bits per heavy atom. The normalized spacial score (nSPS) is 11.8. The van der Waals surface area contributed by atoms with Crippen LogP contribution in [-0.2, 0) is 0 Å². The Morgan fingerprint density at radius 2 is 0.648 bits per heavy atom. The molecule has 0 amide bonds. The van der Waals surface area contributed by atoms with Crippen molar-refractivity contribution in [2.45, 2.75) is 0 Å². The Hall–Kier alpha value is -9.53. The van der Waals surface area contributed by atoms with Gasteiger partial charge in [-0.25, -0.2) is 23.7 Å². The summed E-state index contributed by atoms with van der Waals surface area (Å²) in [5.41, 5.74) is 12.2. The maximum absolute atomic E-state index is 15.5. The van der Waals surface area contributed by atoms with Crippen LogP contribution in [0.1, 0.15) is 0 Å². The van der Waals surface area contributed by atoms with Gasteiger partial charge in [0.15, 0.2) is 17.5 Å². The standard InChI is InChI=1S/C63H38F2N6/c64-43-33-42(34-44(65)36-43)47-30-27-41(63-67-61(39-15-3-1-4-16-39)66-62(68-63)40-17-5-2-6-18-40)35-58(47)71-59-37-45(69-54-23-11-7-19-48(54)49-20-8-12-24-55(49)69)28-31-52(59)53-32-29-46(38-60(53)71)70-56-25-13-9-21-50(56)51-22-10-14-26-57(51)70/h1-38H. The van der Waals surface area contributed by atoms with Crippen molar-refractivity contribution in [1.29, 1.82) is 0 Å². The molecule has 0 aliphatic rings. The van der Waals surface area contributed by atoms with E-state index in [1.807, 2.05) is 72.8 Å². The van der Waals surface area contributed by atoms with Gasteiger partial charge in [0.2, 0.25) is 0 Å². The Bertz CT molecular complexity index is 4080. The summed E-state index contributed by atoms with van der Waals surface area (Å²) in [5.74, 6) is 0.161. The predicted molar refractivity (Wildman–Crippen MR) is 285 cm³/mol. The lowest BCUT2D eigenvalue weighted by molar-refractivity contribution is 0.584. The molecule has 0 aliphatic heterocycles. The number of benzene rings is 10. The largest absolute Gasteiger partial charge is 0.309 e. The Kier molecular flexibility index (Phi) is 9.16. The van der Waals surface area contributed by atoms with E-state index < -0.39 is 11.6 Å². The molecular weight excluding hydrogens is 879 g/mol. The van der Waals surface area contributed by atoms with Crippen LogP contribution in [0.15, 0.2) is 231 Å². The Morgan fingerprint density at radius 1 is 0.268 bits per heavy atom. The van der Waals surface area contributed by atoms with Gasteiger partial charge in [-0.3, -0.25) is 0 Å². The molecule has 0 N–H and O–H groups in total. The molecule has 14 aromatic rings. The fourth-order valence-corrected chi connectivity index (χ4v) is 10.7. The molecule has 0 fully saturated rings. The average molecular weight is 917 g/mol. The summed E-state index contributed by atoms with van der Waals surface area (Å²) in [6.07, 6.45) is 0. The van der Waals surface area contributed by atoms with E-state index in [9.17, 15) is 0 Å². The van der Waals surface area contributed by atoms with Crippen LogP contribution < -0.4 is 0 Å². The second kappa shape index (κ2) is 16.0. The van der Waals surface area contributed by atoms with Gasteiger partial charge in [0.05, 0.1) is 38.8 Å². The summed E-state index contributed by atoms with van der Waals surface area (Å²) in [6.45, 7) is 0. The molecule has 0 saturated heterocycles. The predicted octanol–water partition coefficient (Wildman–Crippen LogP) is 16.1. The van der Waals surface area contributed by atoms with E-state index in [1.54, 1.807) is 0 Å². The van der Waals surface area contributed by atoms with Crippen LogP contribution in [0.2, 0.25) is 0 Å². The van der Waals surface area contributed by atoms with Gasteiger partial charge in [-0.15, -0.1) is 0 Å². The number of rotatable bonds is 7. The minimum atomic E-state index is -0.669. The second-order valence-corrected chi connectivity index (χ2v) is 17.9. The number of hydrogen-bond acceptors (Lipinski definition) is 3. The van der Waals surface area contributed by atoms with Crippen molar-refractivity contribution < 1.29 is 8.78 Å². The summed E-state index contributed by atoms with van der Waals surface area (Å²) >= 11 is 0. The molecule has 10 aromatic carbocycles. The van der Waals surface area contributed by atoms with E-state index in [2.05, 4.69) is 153 Å². The topological polar surface area (TPSA) is 53.5 Å². The van der Waals surface area contributed by atoms with Gasteiger partial charge in [0, 0.05) is 72.0 Å². The first-order valence-electron chi connectivity index (χ1n) is 23.6. The fourth-order valence-electron chi connectivity index (χ4n) is 10.7. The molecule has 71 heavy (non-hydrogen) atoms. The minimum absolute atomic E-state index is 0.391. The van der Waals surface area contributed by atoms with E-state index in [4.69, 9.17) is 15.0 Å². The van der Waals surface area contributed by atoms with Gasteiger partial charge in [0.1, 0.15) is 11.6 Å². The first-order chi connectivity index (χ1) is 35.0. The second-order valence-electron chi connectivity index (χ2n) is 17.9. The molecule has 0 radical (unpaired) electrons. The lowest BCUT2D eigenvalue weighted by atomic mass is 10.00. The lowest BCUT2D eigenvalue weighted by Crippen LogP contribution is -2.03. The molecule has 0 atom stereocenters. The molecule has 8 heteroatoms. The number of para-hydroxylation sites is 4. The van der Waals surface area contributed by atoms with Crippen molar-refractivity contribution in [2.75, 3.05) is 0 Å². The van der Waals surface area contributed by atoms with E-state index in [0.29, 0.717) is 39.9 Å². The van der Waals surface area contributed by atoms with E-state index >= 15 is 8.78 Å². The van der Waals surface area contributed by atoms with Gasteiger partial charge in [-0.1, -0.05) is 158 Å². The van der Waals surface area contributed by atoms with Crippen LogP contribution in [0.5, 0.6) is 0 Å². The molecule has 334 valence electrons. The van der Waals surface area contributed by atoms with Crippen molar-refractivity contribution in [3.05, 3.63) is 242 Å². The fraction of sp³-hybridized carbons (Fsp3) is 0. The first kappa shape index (κ1) is 40.5. The van der Waals surface area contributed by atoms with Crippen molar-refractivity contribution >= 4 is 65.4 Å². The highest BCUT2D eigenvalue weighted by Crippen LogP contribution is 2.42. The first-order valence-corrected chi connectivity index (χ1v) is 23.6. The smallest absolute Gasteiger partial charge is 0.164 e. The van der Waals surface area contributed by atoms with Gasteiger partial charge >= 0.3 is 0 Å². The van der Waals surface area contributed by atoms with Crippen LogP contribution in [0.4, 0.5) is 8.78 Å². The zero-order valence-corrected chi connectivity index (χ0v) is 37.9. The summed E-state index contributed by atoms with van der Waals surface area (Å²) < 4.78 is 37.9. The van der Waals surface area contributed by atoms with Crippen LogP contribution in [0.25, 0.3) is 128 Å².